The van der Waals surface area contributed by atoms with Gasteiger partial charge in [-0.15, -0.1) is 0 Å². The average Bonchev–Trinajstić information content (AvgIpc) is 2.52. The summed E-state index contributed by atoms with van der Waals surface area (Å²) in [7, 11) is 0. The van der Waals surface area contributed by atoms with E-state index in [1.165, 1.54) is 0 Å². The Bertz CT molecular complexity index is 825. The second kappa shape index (κ2) is 5.36. The Morgan fingerprint density at radius 1 is 1.24 bits per heavy atom. The molecule has 5 nitrogen and oxygen atoms in total. The minimum atomic E-state index is -0.116. The summed E-state index contributed by atoms with van der Waals surface area (Å²) in [5.41, 5.74) is 1.50. The largest absolute Gasteiger partial charge is 0.508 e. The Balaban J connectivity index is 2.15. The number of nitrogens with zero attached hydrogens (tertiary/aromatic N) is 3. The van der Waals surface area contributed by atoms with E-state index in [0.29, 0.717) is 10.9 Å². The first-order chi connectivity index (χ1) is 10.2. The Kier molecular flexibility index (Phi) is 3.39. The summed E-state index contributed by atoms with van der Waals surface area (Å²) in [6, 6.07) is 8.50. The third kappa shape index (κ3) is 2.38. The van der Waals surface area contributed by atoms with Crippen LogP contribution in [0.2, 0.25) is 0 Å². The molecule has 2 aromatic heterocycles. The van der Waals surface area contributed by atoms with Crippen molar-refractivity contribution in [2.24, 2.45) is 0 Å². The number of hydrogen-bond acceptors (Lipinski definition) is 4. The van der Waals surface area contributed by atoms with Crippen LogP contribution in [0.5, 0.6) is 5.75 Å². The van der Waals surface area contributed by atoms with Gasteiger partial charge in [0.15, 0.2) is 0 Å². The Morgan fingerprint density at radius 3 is 2.71 bits per heavy atom. The van der Waals surface area contributed by atoms with Crippen LogP contribution in [0.1, 0.15) is 24.9 Å². The second-order valence-corrected chi connectivity index (χ2v) is 4.87. The zero-order valence-corrected chi connectivity index (χ0v) is 11.6. The van der Waals surface area contributed by atoms with Crippen LogP contribution in [-0.2, 0) is 0 Å². The highest BCUT2D eigenvalue weighted by atomic mass is 16.3. The number of hydrogen-bond donors (Lipinski definition) is 1. The van der Waals surface area contributed by atoms with Gasteiger partial charge in [-0.3, -0.25) is 14.3 Å². The molecule has 0 saturated heterocycles. The summed E-state index contributed by atoms with van der Waals surface area (Å²) in [6.07, 6.45) is 5.49. The maximum atomic E-state index is 12.6. The summed E-state index contributed by atoms with van der Waals surface area (Å²) in [4.78, 5) is 20.9. The predicted octanol–water partition coefficient (Wildman–Crippen LogP) is 2.50. The lowest BCUT2D eigenvalue weighted by atomic mass is 10.0. The van der Waals surface area contributed by atoms with Crippen LogP contribution in [-0.4, -0.2) is 19.6 Å². The molecule has 0 radical (unpaired) electrons. The van der Waals surface area contributed by atoms with Gasteiger partial charge < -0.3 is 5.11 Å². The maximum absolute atomic E-state index is 12.6. The van der Waals surface area contributed by atoms with Crippen LogP contribution >= 0.6 is 0 Å². The molecule has 1 aromatic carbocycles. The first-order valence-electron chi connectivity index (χ1n) is 6.80. The van der Waals surface area contributed by atoms with E-state index in [9.17, 15) is 9.90 Å². The molecule has 5 heteroatoms. The van der Waals surface area contributed by atoms with Crippen molar-refractivity contribution in [3.63, 3.8) is 0 Å². The second-order valence-electron chi connectivity index (χ2n) is 4.87. The fraction of sp³-hybridized carbons (Fsp3) is 0.188. The van der Waals surface area contributed by atoms with Crippen molar-refractivity contribution in [1.29, 1.82) is 0 Å². The molecule has 0 aliphatic carbocycles. The number of pyridine rings is 1. The van der Waals surface area contributed by atoms with Crippen LogP contribution in [0, 0.1) is 0 Å². The van der Waals surface area contributed by atoms with Crippen molar-refractivity contribution in [2.45, 2.75) is 19.4 Å². The van der Waals surface area contributed by atoms with Crippen LogP contribution in [0.4, 0.5) is 0 Å². The van der Waals surface area contributed by atoms with Gasteiger partial charge in [0.1, 0.15) is 5.75 Å². The molecule has 21 heavy (non-hydrogen) atoms. The third-order valence-electron chi connectivity index (χ3n) is 3.58. The van der Waals surface area contributed by atoms with E-state index in [1.807, 2.05) is 19.1 Å². The monoisotopic (exact) mass is 281 g/mol. The van der Waals surface area contributed by atoms with Crippen molar-refractivity contribution in [3.8, 4) is 5.75 Å². The quantitative estimate of drug-likeness (QED) is 0.801. The minimum Gasteiger partial charge on any atom is -0.508 e. The molecule has 0 fully saturated rings. The summed E-state index contributed by atoms with van der Waals surface area (Å²) in [5.74, 6) is 0.210. The Morgan fingerprint density at radius 2 is 2.00 bits per heavy atom. The molecule has 0 aliphatic rings. The zero-order valence-electron chi connectivity index (χ0n) is 11.6. The van der Waals surface area contributed by atoms with Gasteiger partial charge in [-0.2, -0.15) is 0 Å². The van der Waals surface area contributed by atoms with E-state index in [4.69, 9.17) is 0 Å². The molecule has 2 heterocycles. The SMILES string of the molecule is CCC(c1ccc(O)cc1)n1cnc2ccncc2c1=O. The van der Waals surface area contributed by atoms with E-state index in [0.717, 1.165) is 12.0 Å². The lowest BCUT2D eigenvalue weighted by Crippen LogP contribution is -2.25. The number of fused-ring (bicyclic) bond motifs is 1. The average molecular weight is 281 g/mol. The van der Waals surface area contributed by atoms with Gasteiger partial charge in [-0.1, -0.05) is 19.1 Å². The standard InChI is InChI=1S/C16H15N3O2/c1-2-15(11-3-5-12(20)6-4-11)19-10-18-14-7-8-17-9-13(14)16(19)21/h3-10,15,20H,2H2,1H3. The first kappa shape index (κ1) is 13.3. The van der Waals surface area contributed by atoms with Gasteiger partial charge in [0.25, 0.3) is 5.56 Å². The highest BCUT2D eigenvalue weighted by Gasteiger charge is 2.15. The van der Waals surface area contributed by atoms with E-state index < -0.39 is 0 Å². The van der Waals surface area contributed by atoms with Crippen molar-refractivity contribution in [1.82, 2.24) is 14.5 Å². The topological polar surface area (TPSA) is 68.0 Å². The molecule has 0 amide bonds. The molecule has 106 valence electrons. The Hall–Kier alpha value is -2.69. The Labute approximate surface area is 121 Å². The highest BCUT2D eigenvalue weighted by molar-refractivity contribution is 5.75. The number of benzene rings is 1. The summed E-state index contributed by atoms with van der Waals surface area (Å²) < 4.78 is 1.62. The van der Waals surface area contributed by atoms with Crippen molar-refractivity contribution in [2.75, 3.05) is 0 Å². The number of phenolic OH excluding ortho intramolecular Hbond substituents is 1. The molecule has 3 aromatic rings. The maximum Gasteiger partial charge on any atom is 0.263 e. The molecule has 3 rings (SSSR count). The highest BCUT2D eigenvalue weighted by Crippen LogP contribution is 2.22. The zero-order chi connectivity index (χ0) is 14.8. The van der Waals surface area contributed by atoms with Crippen molar-refractivity contribution < 1.29 is 5.11 Å². The molecular weight excluding hydrogens is 266 g/mol. The molecule has 0 spiro atoms. The van der Waals surface area contributed by atoms with Crippen molar-refractivity contribution in [3.05, 3.63) is 65.0 Å². The third-order valence-corrected chi connectivity index (χ3v) is 3.58. The number of aromatic hydroxyl groups is 1. The normalized spacial score (nSPS) is 12.4. The molecular formula is C16H15N3O2. The van der Waals surface area contributed by atoms with E-state index >= 15 is 0 Å². The number of rotatable bonds is 3. The molecule has 0 aliphatic heterocycles. The first-order valence-corrected chi connectivity index (χ1v) is 6.80. The van der Waals surface area contributed by atoms with Crippen LogP contribution in [0.15, 0.2) is 53.8 Å². The smallest absolute Gasteiger partial charge is 0.263 e. The lowest BCUT2D eigenvalue weighted by molar-refractivity contribution is 0.474. The minimum absolute atomic E-state index is 0.104. The molecule has 0 bridgehead atoms. The van der Waals surface area contributed by atoms with Gasteiger partial charge in [-0.05, 0) is 30.2 Å². The van der Waals surface area contributed by atoms with E-state index in [1.54, 1.807) is 41.5 Å². The van der Waals surface area contributed by atoms with E-state index in [-0.39, 0.29) is 17.4 Å². The fourth-order valence-corrected chi connectivity index (χ4v) is 2.49. The van der Waals surface area contributed by atoms with Gasteiger partial charge in [0, 0.05) is 12.4 Å². The van der Waals surface area contributed by atoms with Crippen LogP contribution in [0.25, 0.3) is 10.9 Å². The summed E-state index contributed by atoms with van der Waals surface area (Å²) >= 11 is 0. The van der Waals surface area contributed by atoms with Gasteiger partial charge in [0.05, 0.1) is 23.3 Å². The van der Waals surface area contributed by atoms with Crippen LogP contribution in [0.3, 0.4) is 0 Å². The lowest BCUT2D eigenvalue weighted by Gasteiger charge is -2.18. The summed E-state index contributed by atoms with van der Waals surface area (Å²) in [5, 5.41) is 9.90. The van der Waals surface area contributed by atoms with Crippen LogP contribution < -0.4 is 5.56 Å². The molecule has 1 unspecified atom stereocenters. The predicted molar refractivity (Wildman–Crippen MR) is 80.3 cm³/mol. The molecule has 1 atom stereocenters. The summed E-state index contributed by atoms with van der Waals surface area (Å²) in [6.45, 7) is 2.01. The molecule has 0 saturated carbocycles. The number of aromatic nitrogens is 3. The number of phenols is 1. The fourth-order valence-electron chi connectivity index (χ4n) is 2.49. The van der Waals surface area contributed by atoms with Gasteiger partial charge in [0.2, 0.25) is 0 Å². The van der Waals surface area contributed by atoms with Gasteiger partial charge >= 0.3 is 0 Å². The van der Waals surface area contributed by atoms with Gasteiger partial charge in [-0.25, -0.2) is 4.98 Å². The van der Waals surface area contributed by atoms with Crippen molar-refractivity contribution >= 4 is 10.9 Å². The molecule has 1 N–H and O–H groups in total. The van der Waals surface area contributed by atoms with E-state index in [2.05, 4.69) is 9.97 Å².